The summed E-state index contributed by atoms with van der Waals surface area (Å²) in [6.07, 6.45) is 2.95. The Morgan fingerprint density at radius 1 is 1.38 bits per heavy atom. The predicted molar refractivity (Wildman–Crippen MR) is 95.8 cm³/mol. The fourth-order valence-corrected chi connectivity index (χ4v) is 3.00. The highest BCUT2D eigenvalue weighted by Crippen LogP contribution is 2.29. The Labute approximate surface area is 151 Å². The van der Waals surface area contributed by atoms with Crippen LogP contribution in [0.2, 0.25) is 0 Å². The lowest BCUT2D eigenvalue weighted by atomic mass is 10.2. The number of carbonyl (C=O) groups excluding carboxylic acids is 1. The number of likely N-dealkylation sites (N-methyl/N-ethyl adjacent to an activating group) is 1. The van der Waals surface area contributed by atoms with Crippen LogP contribution < -0.4 is 4.90 Å². The molecular formula is C18H23FN4O3. The van der Waals surface area contributed by atoms with E-state index in [4.69, 9.17) is 4.74 Å². The lowest BCUT2D eigenvalue weighted by molar-refractivity contribution is 0.0238. The second-order valence-corrected chi connectivity index (χ2v) is 7.50. The van der Waals surface area contributed by atoms with Crippen molar-refractivity contribution in [3.8, 4) is 5.75 Å². The van der Waals surface area contributed by atoms with Crippen molar-refractivity contribution in [1.29, 1.82) is 0 Å². The van der Waals surface area contributed by atoms with E-state index in [0.29, 0.717) is 30.7 Å². The SMILES string of the molecule is CN(C(=O)OC(C)(C)C)C1CCN(c2cnc3cc(O)cnc3c2F)C1. The minimum Gasteiger partial charge on any atom is -0.506 e. The summed E-state index contributed by atoms with van der Waals surface area (Å²) in [5, 5.41) is 9.45. The third-order valence-corrected chi connectivity index (χ3v) is 4.35. The zero-order valence-electron chi connectivity index (χ0n) is 15.4. The first kappa shape index (κ1) is 18.2. The van der Waals surface area contributed by atoms with Gasteiger partial charge in [0.05, 0.1) is 29.6 Å². The van der Waals surface area contributed by atoms with E-state index in [2.05, 4.69) is 9.97 Å². The first-order valence-electron chi connectivity index (χ1n) is 8.49. The molecule has 8 heteroatoms. The number of hydrogen-bond acceptors (Lipinski definition) is 6. The Morgan fingerprint density at radius 3 is 2.81 bits per heavy atom. The Bertz CT molecular complexity index is 837. The molecule has 2 aromatic rings. The fraction of sp³-hybridized carbons (Fsp3) is 0.500. The smallest absolute Gasteiger partial charge is 0.410 e. The number of aromatic nitrogens is 2. The number of carbonyl (C=O) groups is 1. The molecule has 0 radical (unpaired) electrons. The van der Waals surface area contributed by atoms with E-state index in [-0.39, 0.29) is 17.3 Å². The molecule has 7 nitrogen and oxygen atoms in total. The number of rotatable bonds is 2. The quantitative estimate of drug-likeness (QED) is 0.885. The van der Waals surface area contributed by atoms with Crippen molar-refractivity contribution in [2.75, 3.05) is 25.0 Å². The van der Waals surface area contributed by atoms with Crippen LogP contribution in [0.4, 0.5) is 14.9 Å². The molecule has 1 atom stereocenters. The fourth-order valence-electron chi connectivity index (χ4n) is 3.00. The van der Waals surface area contributed by atoms with Crippen molar-refractivity contribution in [3.05, 3.63) is 24.3 Å². The van der Waals surface area contributed by atoms with E-state index in [1.165, 1.54) is 18.5 Å². The summed E-state index contributed by atoms with van der Waals surface area (Å²) in [6.45, 7) is 6.54. The van der Waals surface area contributed by atoms with Gasteiger partial charge in [-0.05, 0) is 27.2 Å². The molecule has 140 valence electrons. The molecule has 26 heavy (non-hydrogen) atoms. The van der Waals surface area contributed by atoms with Crippen LogP contribution >= 0.6 is 0 Å². The maximum absolute atomic E-state index is 14.8. The van der Waals surface area contributed by atoms with E-state index < -0.39 is 17.5 Å². The van der Waals surface area contributed by atoms with Crippen LogP contribution in [0.5, 0.6) is 5.75 Å². The monoisotopic (exact) mass is 362 g/mol. The standard InChI is InChI=1S/C18H23FN4O3/c1-18(2,3)26-17(25)22(4)11-5-6-23(10-11)14-9-20-13-7-12(24)8-21-16(13)15(14)19/h7-9,11,24H,5-6,10H2,1-4H3. The van der Waals surface area contributed by atoms with Gasteiger partial charge in [-0.2, -0.15) is 0 Å². The number of amides is 1. The third-order valence-electron chi connectivity index (χ3n) is 4.35. The summed E-state index contributed by atoms with van der Waals surface area (Å²) in [7, 11) is 1.70. The molecule has 1 saturated heterocycles. The van der Waals surface area contributed by atoms with Crippen LogP contribution in [0.3, 0.4) is 0 Å². The number of nitrogens with zero attached hydrogens (tertiary/aromatic N) is 4. The zero-order valence-corrected chi connectivity index (χ0v) is 15.4. The third kappa shape index (κ3) is 3.63. The Balaban J connectivity index is 1.76. The van der Waals surface area contributed by atoms with Crippen LogP contribution in [0, 0.1) is 5.82 Å². The van der Waals surface area contributed by atoms with Crippen LogP contribution in [0.1, 0.15) is 27.2 Å². The Morgan fingerprint density at radius 2 is 2.12 bits per heavy atom. The summed E-state index contributed by atoms with van der Waals surface area (Å²) < 4.78 is 20.2. The van der Waals surface area contributed by atoms with Gasteiger partial charge in [0, 0.05) is 26.2 Å². The minimum absolute atomic E-state index is 0.0580. The van der Waals surface area contributed by atoms with Gasteiger partial charge in [-0.3, -0.25) is 4.98 Å². The number of anilines is 1. The van der Waals surface area contributed by atoms with Crippen LogP contribution in [-0.2, 0) is 4.74 Å². The molecule has 3 rings (SSSR count). The molecule has 0 spiro atoms. The number of halogens is 1. The largest absolute Gasteiger partial charge is 0.506 e. The van der Waals surface area contributed by atoms with Gasteiger partial charge in [-0.25, -0.2) is 14.2 Å². The average Bonchev–Trinajstić information content (AvgIpc) is 3.02. The van der Waals surface area contributed by atoms with E-state index in [1.807, 2.05) is 25.7 Å². The summed E-state index contributed by atoms with van der Waals surface area (Å²) in [5.41, 5.74) is 0.197. The van der Waals surface area contributed by atoms with Crippen LogP contribution in [0.25, 0.3) is 11.0 Å². The van der Waals surface area contributed by atoms with Gasteiger partial charge in [0.15, 0.2) is 5.82 Å². The molecule has 0 aromatic carbocycles. The predicted octanol–water partition coefficient (Wildman–Crippen LogP) is 2.92. The van der Waals surface area contributed by atoms with E-state index in [9.17, 15) is 14.3 Å². The van der Waals surface area contributed by atoms with Gasteiger partial charge < -0.3 is 19.6 Å². The molecular weight excluding hydrogens is 339 g/mol. The Hall–Kier alpha value is -2.64. The molecule has 3 heterocycles. The summed E-state index contributed by atoms with van der Waals surface area (Å²) in [5.74, 6) is -0.534. The summed E-state index contributed by atoms with van der Waals surface area (Å²) >= 11 is 0. The van der Waals surface area contributed by atoms with E-state index in [0.717, 1.165) is 0 Å². The number of pyridine rings is 2. The number of aromatic hydroxyl groups is 1. The molecule has 0 bridgehead atoms. The zero-order chi connectivity index (χ0) is 19.1. The van der Waals surface area contributed by atoms with Crippen molar-refractivity contribution in [3.63, 3.8) is 0 Å². The molecule has 1 N–H and O–H groups in total. The molecule has 1 amide bonds. The number of fused-ring (bicyclic) bond motifs is 1. The van der Waals surface area contributed by atoms with Gasteiger partial charge in [0.2, 0.25) is 0 Å². The highest BCUT2D eigenvalue weighted by Gasteiger charge is 2.32. The van der Waals surface area contributed by atoms with Gasteiger partial charge in [0.25, 0.3) is 0 Å². The molecule has 1 aliphatic heterocycles. The molecule has 1 aliphatic rings. The number of hydrogen-bond donors (Lipinski definition) is 1. The van der Waals surface area contributed by atoms with E-state index in [1.54, 1.807) is 11.9 Å². The second kappa shape index (κ2) is 6.59. The first-order valence-corrected chi connectivity index (χ1v) is 8.49. The Kier molecular flexibility index (Phi) is 4.60. The lowest BCUT2D eigenvalue weighted by Crippen LogP contribution is -2.42. The normalized spacial score (nSPS) is 17.6. The summed E-state index contributed by atoms with van der Waals surface area (Å²) in [4.78, 5) is 23.8. The van der Waals surface area contributed by atoms with Gasteiger partial charge in [-0.1, -0.05) is 0 Å². The van der Waals surface area contributed by atoms with Crippen molar-refractivity contribution >= 4 is 22.8 Å². The molecule has 1 unspecified atom stereocenters. The van der Waals surface area contributed by atoms with Gasteiger partial charge in [-0.15, -0.1) is 0 Å². The highest BCUT2D eigenvalue weighted by molar-refractivity contribution is 5.80. The molecule has 0 saturated carbocycles. The first-order chi connectivity index (χ1) is 12.2. The van der Waals surface area contributed by atoms with Crippen LogP contribution in [0.15, 0.2) is 18.5 Å². The highest BCUT2D eigenvalue weighted by atomic mass is 19.1. The van der Waals surface area contributed by atoms with Crippen molar-refractivity contribution in [2.24, 2.45) is 0 Å². The van der Waals surface area contributed by atoms with Gasteiger partial charge >= 0.3 is 6.09 Å². The minimum atomic E-state index is -0.560. The van der Waals surface area contributed by atoms with Crippen molar-refractivity contribution in [2.45, 2.75) is 38.8 Å². The number of ether oxygens (including phenoxy) is 1. The molecule has 0 aliphatic carbocycles. The molecule has 2 aromatic heterocycles. The van der Waals surface area contributed by atoms with Crippen LogP contribution in [-0.4, -0.2) is 57.8 Å². The van der Waals surface area contributed by atoms with E-state index >= 15 is 0 Å². The van der Waals surface area contributed by atoms with Crippen molar-refractivity contribution in [1.82, 2.24) is 14.9 Å². The molecule has 1 fully saturated rings. The van der Waals surface area contributed by atoms with Crippen molar-refractivity contribution < 1.29 is 19.0 Å². The second-order valence-electron chi connectivity index (χ2n) is 7.50. The summed E-state index contributed by atoms with van der Waals surface area (Å²) in [6, 6.07) is 1.30. The maximum Gasteiger partial charge on any atom is 0.410 e. The van der Waals surface area contributed by atoms with Gasteiger partial charge in [0.1, 0.15) is 16.9 Å². The lowest BCUT2D eigenvalue weighted by Gasteiger charge is -2.28. The maximum atomic E-state index is 14.8. The average molecular weight is 362 g/mol. The topological polar surface area (TPSA) is 78.8 Å².